The maximum absolute atomic E-state index is 12.8. The van der Waals surface area contributed by atoms with Crippen molar-refractivity contribution in [3.05, 3.63) is 28.8 Å². The number of benzene rings is 1. The molecular formula is C17H23ClF2N2O5S. The lowest BCUT2D eigenvalue weighted by atomic mass is 10.2. The van der Waals surface area contributed by atoms with Crippen molar-refractivity contribution in [2.45, 2.75) is 30.3 Å². The summed E-state index contributed by atoms with van der Waals surface area (Å²) in [4.78, 5) is 13.2. The molecule has 11 heteroatoms. The molecule has 1 aromatic carbocycles. The average molecular weight is 441 g/mol. The summed E-state index contributed by atoms with van der Waals surface area (Å²) in [6, 6.07) is 3.65. The highest BCUT2D eigenvalue weighted by atomic mass is 35.5. The molecule has 0 aromatic heterocycles. The molecule has 1 unspecified atom stereocenters. The number of rotatable bonds is 10. The van der Waals surface area contributed by atoms with Gasteiger partial charge in [0.1, 0.15) is 4.90 Å². The van der Waals surface area contributed by atoms with Crippen molar-refractivity contribution in [1.82, 2.24) is 9.62 Å². The number of carbonyl (C=O) groups is 1. The van der Waals surface area contributed by atoms with E-state index in [-0.39, 0.29) is 41.3 Å². The molecule has 1 amide bonds. The third kappa shape index (κ3) is 6.35. The molecule has 0 aliphatic carbocycles. The minimum absolute atomic E-state index is 0.0539. The number of methoxy groups -OCH3 is 1. The number of sulfonamides is 1. The highest BCUT2D eigenvalue weighted by molar-refractivity contribution is 7.89. The number of hydrogen-bond donors (Lipinski definition) is 1. The Balaban J connectivity index is 2.20. The summed E-state index contributed by atoms with van der Waals surface area (Å²) in [7, 11) is -2.62. The van der Waals surface area contributed by atoms with Crippen molar-refractivity contribution in [1.29, 1.82) is 0 Å². The van der Waals surface area contributed by atoms with Crippen molar-refractivity contribution in [2.75, 3.05) is 40.0 Å². The van der Waals surface area contributed by atoms with Crippen LogP contribution in [0.5, 0.6) is 0 Å². The summed E-state index contributed by atoms with van der Waals surface area (Å²) in [5.41, 5.74) is -0.0568. The van der Waals surface area contributed by atoms with Gasteiger partial charge in [-0.05, 0) is 31.0 Å². The van der Waals surface area contributed by atoms with E-state index < -0.39 is 28.9 Å². The van der Waals surface area contributed by atoms with Crippen molar-refractivity contribution >= 4 is 27.5 Å². The molecule has 1 heterocycles. The van der Waals surface area contributed by atoms with Crippen LogP contribution >= 0.6 is 11.6 Å². The maximum atomic E-state index is 12.8. The molecule has 1 aliphatic rings. The molecule has 1 saturated heterocycles. The van der Waals surface area contributed by atoms with Crippen molar-refractivity contribution < 1.29 is 31.5 Å². The Hall–Kier alpha value is -1.33. The third-order valence-electron chi connectivity index (χ3n) is 4.20. The number of alkyl halides is 2. The maximum Gasteiger partial charge on any atom is 0.255 e. The van der Waals surface area contributed by atoms with Gasteiger partial charge in [-0.2, -0.15) is 0 Å². The summed E-state index contributed by atoms with van der Waals surface area (Å²) < 4.78 is 63.4. The average Bonchev–Trinajstić information content (AvgIpc) is 3.16. The van der Waals surface area contributed by atoms with Gasteiger partial charge in [0.25, 0.3) is 12.3 Å². The van der Waals surface area contributed by atoms with Gasteiger partial charge < -0.3 is 14.4 Å². The second kappa shape index (κ2) is 10.4. The minimum Gasteiger partial charge on any atom is -0.383 e. The van der Waals surface area contributed by atoms with Crippen LogP contribution in [0.15, 0.2) is 23.1 Å². The van der Waals surface area contributed by atoms with E-state index in [1.165, 1.54) is 19.2 Å². The Kier molecular flexibility index (Phi) is 8.56. The van der Waals surface area contributed by atoms with Crippen LogP contribution in [0.1, 0.15) is 23.2 Å². The first-order chi connectivity index (χ1) is 13.2. The Labute approximate surface area is 168 Å². The van der Waals surface area contributed by atoms with Gasteiger partial charge in [0, 0.05) is 32.4 Å². The lowest BCUT2D eigenvalue weighted by Gasteiger charge is -2.22. The van der Waals surface area contributed by atoms with Gasteiger partial charge in [-0.25, -0.2) is 21.9 Å². The summed E-state index contributed by atoms with van der Waals surface area (Å²) in [5, 5.41) is -0.0753. The van der Waals surface area contributed by atoms with E-state index >= 15 is 0 Å². The smallest absolute Gasteiger partial charge is 0.255 e. The summed E-state index contributed by atoms with van der Waals surface area (Å²) in [5.74, 6) is -0.732. The monoisotopic (exact) mass is 440 g/mol. The van der Waals surface area contributed by atoms with Crippen molar-refractivity contribution in [3.63, 3.8) is 0 Å². The molecule has 0 spiro atoms. The fraction of sp³-hybridized carbons (Fsp3) is 0.588. The van der Waals surface area contributed by atoms with Crippen LogP contribution in [-0.2, 0) is 19.5 Å². The molecule has 2 rings (SSSR count). The van der Waals surface area contributed by atoms with E-state index in [2.05, 4.69) is 4.72 Å². The molecule has 1 atom stereocenters. The molecule has 1 aliphatic heterocycles. The number of halogens is 3. The van der Waals surface area contributed by atoms with Crippen molar-refractivity contribution in [2.24, 2.45) is 0 Å². The van der Waals surface area contributed by atoms with Crippen molar-refractivity contribution in [3.8, 4) is 0 Å². The van der Waals surface area contributed by atoms with E-state index in [0.29, 0.717) is 6.61 Å². The fourth-order valence-electron chi connectivity index (χ4n) is 2.75. The zero-order valence-electron chi connectivity index (χ0n) is 15.4. The molecular weight excluding hydrogens is 418 g/mol. The zero-order valence-corrected chi connectivity index (χ0v) is 16.9. The van der Waals surface area contributed by atoms with Gasteiger partial charge in [-0.15, -0.1) is 0 Å². The van der Waals surface area contributed by atoms with Crippen LogP contribution in [-0.4, -0.2) is 71.7 Å². The van der Waals surface area contributed by atoms with Gasteiger partial charge in [-0.3, -0.25) is 4.79 Å². The van der Waals surface area contributed by atoms with Crippen LogP contribution in [0.2, 0.25) is 5.02 Å². The van der Waals surface area contributed by atoms with E-state index in [4.69, 9.17) is 21.1 Å². The Morgan fingerprint density at radius 1 is 1.46 bits per heavy atom. The predicted octanol–water partition coefficient (Wildman–Crippen LogP) is 2.15. The molecule has 1 fully saturated rings. The van der Waals surface area contributed by atoms with Crippen LogP contribution < -0.4 is 4.72 Å². The molecule has 1 aromatic rings. The zero-order chi connectivity index (χ0) is 20.7. The Bertz CT molecular complexity index is 773. The fourth-order valence-corrected chi connectivity index (χ4v) is 4.34. The highest BCUT2D eigenvalue weighted by Gasteiger charge is 2.25. The first-order valence-electron chi connectivity index (χ1n) is 8.71. The van der Waals surface area contributed by atoms with Gasteiger partial charge >= 0.3 is 0 Å². The Morgan fingerprint density at radius 3 is 2.82 bits per heavy atom. The SMILES string of the molecule is COCCN(CC(F)F)C(=O)c1ccc(Cl)c(S(=O)(=O)NCC2CCCO2)c1. The van der Waals surface area contributed by atoms with E-state index in [9.17, 15) is 22.0 Å². The first kappa shape index (κ1) is 23.0. The standard InChI is InChI=1S/C17H23ClF2N2O5S/c1-26-8-6-22(11-16(19)20)17(23)12-4-5-14(18)15(9-12)28(24,25)21-10-13-3-2-7-27-13/h4-5,9,13,16,21H,2-3,6-8,10-11H2,1H3. The summed E-state index contributed by atoms with van der Waals surface area (Å²) in [6.07, 6.45) is -1.34. The number of ether oxygens (including phenoxy) is 2. The van der Waals surface area contributed by atoms with Gasteiger partial charge in [0.2, 0.25) is 10.0 Å². The summed E-state index contributed by atoms with van der Waals surface area (Å²) in [6.45, 7) is -0.104. The molecule has 28 heavy (non-hydrogen) atoms. The van der Waals surface area contributed by atoms with E-state index in [1.807, 2.05) is 0 Å². The van der Waals surface area contributed by atoms with E-state index in [0.717, 1.165) is 23.8 Å². The predicted molar refractivity (Wildman–Crippen MR) is 99.4 cm³/mol. The lowest BCUT2D eigenvalue weighted by molar-refractivity contribution is 0.0478. The molecule has 0 radical (unpaired) electrons. The van der Waals surface area contributed by atoms with Crippen LogP contribution in [0.3, 0.4) is 0 Å². The second-order valence-corrected chi connectivity index (χ2v) is 8.41. The largest absolute Gasteiger partial charge is 0.383 e. The van der Waals surface area contributed by atoms with Gasteiger partial charge in [0.05, 0.1) is 24.3 Å². The van der Waals surface area contributed by atoms with Crippen LogP contribution in [0, 0.1) is 0 Å². The number of nitrogens with one attached hydrogen (secondary N) is 1. The molecule has 158 valence electrons. The normalized spacial score (nSPS) is 17.2. The summed E-state index contributed by atoms with van der Waals surface area (Å²) >= 11 is 6.01. The van der Waals surface area contributed by atoms with Crippen LogP contribution in [0.25, 0.3) is 0 Å². The lowest BCUT2D eigenvalue weighted by Crippen LogP contribution is -2.37. The molecule has 1 N–H and O–H groups in total. The first-order valence-corrected chi connectivity index (χ1v) is 10.6. The number of carbonyl (C=O) groups excluding carboxylic acids is 1. The quantitative estimate of drug-likeness (QED) is 0.602. The van der Waals surface area contributed by atoms with Gasteiger partial charge in [-0.1, -0.05) is 11.6 Å². The number of hydrogen-bond acceptors (Lipinski definition) is 5. The minimum atomic E-state index is -4.01. The third-order valence-corrected chi connectivity index (χ3v) is 6.11. The number of nitrogens with zero attached hydrogens (tertiary/aromatic N) is 1. The highest BCUT2D eigenvalue weighted by Crippen LogP contribution is 2.24. The van der Waals surface area contributed by atoms with Crippen LogP contribution in [0.4, 0.5) is 8.78 Å². The molecule has 0 saturated carbocycles. The molecule has 7 nitrogen and oxygen atoms in total. The topological polar surface area (TPSA) is 84.9 Å². The van der Waals surface area contributed by atoms with E-state index in [1.54, 1.807) is 0 Å². The Morgan fingerprint density at radius 2 is 2.21 bits per heavy atom. The van der Waals surface area contributed by atoms with Gasteiger partial charge in [0.15, 0.2) is 0 Å². The number of amides is 1. The second-order valence-electron chi connectivity index (χ2n) is 6.27. The molecule has 0 bridgehead atoms.